The molecule has 1 aliphatic heterocycles. The zero-order chi connectivity index (χ0) is 14.1. The molecule has 0 aromatic carbocycles. The van der Waals surface area contributed by atoms with Crippen molar-refractivity contribution < 1.29 is 9.53 Å². The van der Waals surface area contributed by atoms with Crippen LogP contribution in [0.5, 0.6) is 0 Å². The molecule has 2 fully saturated rings. The Bertz CT molecular complexity index is 492. The van der Waals surface area contributed by atoms with Crippen molar-refractivity contribution in [2.24, 2.45) is 11.7 Å². The number of ether oxygens (including phenoxy) is 1. The topological polar surface area (TPSA) is 102 Å². The molecule has 2 aliphatic rings. The molecule has 1 amide bonds. The average Bonchev–Trinajstić information content (AvgIpc) is 2.90. The summed E-state index contributed by atoms with van der Waals surface area (Å²) in [5, 5.41) is 13.9. The van der Waals surface area contributed by atoms with Gasteiger partial charge in [-0.05, 0) is 25.5 Å². The van der Waals surface area contributed by atoms with Gasteiger partial charge in [0.25, 0.3) is 5.91 Å². The molecule has 20 heavy (non-hydrogen) atoms. The smallest absolute Gasteiger partial charge is 0.271 e. The Morgan fingerprint density at radius 2 is 2.35 bits per heavy atom. The maximum atomic E-state index is 11.6. The molecule has 4 unspecified atom stereocenters. The molecule has 7 heteroatoms. The number of carbonyl (C=O) groups is 1. The summed E-state index contributed by atoms with van der Waals surface area (Å²) in [6.07, 6.45) is 1.21. The highest BCUT2D eigenvalue weighted by Gasteiger charge is 2.52. The Kier molecular flexibility index (Phi) is 3.54. The van der Waals surface area contributed by atoms with Gasteiger partial charge in [0, 0.05) is 25.1 Å². The molecule has 108 valence electrons. The van der Waals surface area contributed by atoms with Gasteiger partial charge in [-0.2, -0.15) is 0 Å². The number of carbonyl (C=O) groups excluding carboxylic acids is 1. The van der Waals surface area contributed by atoms with E-state index in [1.54, 1.807) is 12.1 Å². The van der Waals surface area contributed by atoms with Crippen LogP contribution in [0.3, 0.4) is 0 Å². The van der Waals surface area contributed by atoms with Gasteiger partial charge in [-0.25, -0.2) is 0 Å². The number of nitrogens with two attached hydrogens (primary N) is 1. The minimum atomic E-state index is -0.217. The van der Waals surface area contributed by atoms with Crippen molar-refractivity contribution in [2.75, 3.05) is 18.5 Å². The van der Waals surface area contributed by atoms with Crippen LogP contribution in [0.15, 0.2) is 12.1 Å². The average molecular weight is 277 g/mol. The van der Waals surface area contributed by atoms with E-state index in [4.69, 9.17) is 10.5 Å². The molecule has 1 aromatic rings. The predicted octanol–water partition coefficient (Wildman–Crippen LogP) is -0.247. The molecule has 1 saturated carbocycles. The molecule has 4 atom stereocenters. The van der Waals surface area contributed by atoms with Gasteiger partial charge in [0.15, 0.2) is 5.69 Å². The minimum absolute atomic E-state index is 0.0760. The van der Waals surface area contributed by atoms with Gasteiger partial charge >= 0.3 is 0 Å². The molecular formula is C13H19N5O2. The van der Waals surface area contributed by atoms with E-state index in [9.17, 15) is 4.79 Å². The molecule has 1 aromatic heterocycles. The van der Waals surface area contributed by atoms with Crippen LogP contribution < -0.4 is 16.4 Å². The van der Waals surface area contributed by atoms with Crippen LogP contribution >= 0.6 is 0 Å². The van der Waals surface area contributed by atoms with Crippen molar-refractivity contribution in [2.45, 2.75) is 31.5 Å². The van der Waals surface area contributed by atoms with Crippen LogP contribution in [0.2, 0.25) is 0 Å². The molecule has 1 aliphatic carbocycles. The fraction of sp³-hybridized carbons (Fsp3) is 0.615. The summed E-state index contributed by atoms with van der Waals surface area (Å²) >= 11 is 0. The molecule has 0 radical (unpaired) electrons. The maximum Gasteiger partial charge on any atom is 0.271 e. The summed E-state index contributed by atoms with van der Waals surface area (Å²) in [6.45, 7) is 3.21. The van der Waals surface area contributed by atoms with E-state index in [0.717, 1.165) is 13.0 Å². The minimum Gasteiger partial charge on any atom is -0.376 e. The van der Waals surface area contributed by atoms with Gasteiger partial charge in [-0.1, -0.05) is 0 Å². The number of nitrogens with one attached hydrogen (secondary N) is 2. The number of anilines is 1. The summed E-state index contributed by atoms with van der Waals surface area (Å²) in [7, 11) is 0. The van der Waals surface area contributed by atoms with Crippen molar-refractivity contribution in [1.29, 1.82) is 0 Å². The quantitative estimate of drug-likeness (QED) is 0.701. The van der Waals surface area contributed by atoms with Crippen molar-refractivity contribution in [3.63, 3.8) is 0 Å². The third kappa shape index (κ3) is 2.23. The van der Waals surface area contributed by atoms with Crippen molar-refractivity contribution in [3.8, 4) is 0 Å². The van der Waals surface area contributed by atoms with Crippen LogP contribution in [-0.4, -0.2) is 47.4 Å². The van der Waals surface area contributed by atoms with Gasteiger partial charge in [-0.3, -0.25) is 4.79 Å². The SMILES string of the molecule is CCNC(=O)c1ccc(NC2C(N)C3CCOC32)nn1. The summed E-state index contributed by atoms with van der Waals surface area (Å²) in [5.41, 5.74) is 6.43. The predicted molar refractivity (Wildman–Crippen MR) is 73.3 cm³/mol. The Labute approximate surface area is 117 Å². The first-order valence-electron chi connectivity index (χ1n) is 6.96. The summed E-state index contributed by atoms with van der Waals surface area (Å²) < 4.78 is 5.65. The lowest BCUT2D eigenvalue weighted by Gasteiger charge is -2.45. The largest absolute Gasteiger partial charge is 0.376 e. The van der Waals surface area contributed by atoms with Crippen LogP contribution in [0, 0.1) is 5.92 Å². The lowest BCUT2D eigenvalue weighted by atomic mass is 9.72. The third-order valence-corrected chi connectivity index (χ3v) is 4.00. The fourth-order valence-corrected chi connectivity index (χ4v) is 2.88. The number of amides is 1. The Balaban J connectivity index is 1.62. The van der Waals surface area contributed by atoms with Crippen molar-refractivity contribution in [3.05, 3.63) is 17.8 Å². The second-order valence-electron chi connectivity index (χ2n) is 5.20. The number of rotatable bonds is 4. The summed E-state index contributed by atoms with van der Waals surface area (Å²) in [4.78, 5) is 11.6. The van der Waals surface area contributed by atoms with Crippen LogP contribution in [0.4, 0.5) is 5.82 Å². The van der Waals surface area contributed by atoms with Gasteiger partial charge in [0.2, 0.25) is 0 Å². The molecule has 3 rings (SSSR count). The van der Waals surface area contributed by atoms with Crippen LogP contribution in [0.25, 0.3) is 0 Å². The first kappa shape index (κ1) is 13.3. The van der Waals surface area contributed by atoms with E-state index in [-0.39, 0.29) is 24.1 Å². The molecule has 4 N–H and O–H groups in total. The lowest BCUT2D eigenvalue weighted by Crippen LogP contribution is -2.65. The van der Waals surface area contributed by atoms with Crippen LogP contribution in [-0.2, 0) is 4.74 Å². The summed E-state index contributed by atoms with van der Waals surface area (Å²) in [6, 6.07) is 3.56. The van der Waals surface area contributed by atoms with Gasteiger partial charge in [-0.15, -0.1) is 10.2 Å². The van der Waals surface area contributed by atoms with E-state index >= 15 is 0 Å². The van der Waals surface area contributed by atoms with Gasteiger partial charge in [0.05, 0.1) is 12.1 Å². The zero-order valence-electron chi connectivity index (χ0n) is 11.4. The molecule has 0 spiro atoms. The second kappa shape index (κ2) is 5.34. The Morgan fingerprint density at radius 3 is 3.05 bits per heavy atom. The molecule has 1 saturated heterocycles. The molecule has 7 nitrogen and oxygen atoms in total. The van der Waals surface area contributed by atoms with E-state index < -0.39 is 0 Å². The highest BCUT2D eigenvalue weighted by molar-refractivity contribution is 5.92. The lowest BCUT2D eigenvalue weighted by molar-refractivity contribution is 0.00521. The number of nitrogens with zero attached hydrogens (tertiary/aromatic N) is 2. The zero-order valence-corrected chi connectivity index (χ0v) is 11.4. The summed E-state index contributed by atoms with van der Waals surface area (Å²) in [5.74, 6) is 0.855. The van der Waals surface area contributed by atoms with Crippen molar-refractivity contribution in [1.82, 2.24) is 15.5 Å². The molecule has 2 heterocycles. The Hall–Kier alpha value is -1.73. The van der Waals surface area contributed by atoms with E-state index in [2.05, 4.69) is 20.8 Å². The fourth-order valence-electron chi connectivity index (χ4n) is 2.88. The highest BCUT2D eigenvalue weighted by Crippen LogP contribution is 2.38. The number of fused-ring (bicyclic) bond motifs is 1. The van der Waals surface area contributed by atoms with E-state index in [0.29, 0.717) is 24.0 Å². The maximum absolute atomic E-state index is 11.6. The Morgan fingerprint density at radius 1 is 1.50 bits per heavy atom. The van der Waals surface area contributed by atoms with E-state index in [1.807, 2.05) is 6.92 Å². The number of aromatic nitrogens is 2. The van der Waals surface area contributed by atoms with Crippen LogP contribution in [0.1, 0.15) is 23.8 Å². The number of hydrogen-bond acceptors (Lipinski definition) is 6. The molecular weight excluding hydrogens is 258 g/mol. The first-order valence-corrected chi connectivity index (χ1v) is 6.96. The molecule has 0 bridgehead atoms. The number of hydrogen-bond donors (Lipinski definition) is 3. The van der Waals surface area contributed by atoms with E-state index in [1.165, 1.54) is 0 Å². The first-order chi connectivity index (χ1) is 9.70. The van der Waals surface area contributed by atoms with Gasteiger partial charge in [0.1, 0.15) is 5.82 Å². The standard InChI is InChI=1S/C13H19N5O2/c1-2-15-13(19)8-3-4-9(18-17-8)16-11-10(14)7-5-6-20-12(7)11/h3-4,7,10-12H,2,5-6,14H2,1H3,(H,15,19)(H,16,18). The highest BCUT2D eigenvalue weighted by atomic mass is 16.5. The van der Waals surface area contributed by atoms with Gasteiger partial charge < -0.3 is 21.1 Å². The second-order valence-corrected chi connectivity index (χ2v) is 5.20. The monoisotopic (exact) mass is 277 g/mol. The van der Waals surface area contributed by atoms with Crippen molar-refractivity contribution >= 4 is 11.7 Å². The normalized spacial score (nSPS) is 31.3. The third-order valence-electron chi connectivity index (χ3n) is 4.00.